The van der Waals surface area contributed by atoms with E-state index in [0.29, 0.717) is 12.0 Å². The molecule has 0 spiro atoms. The van der Waals surface area contributed by atoms with Crippen molar-refractivity contribution in [1.82, 2.24) is 0 Å². The van der Waals surface area contributed by atoms with E-state index in [1.54, 1.807) is 11.3 Å². The number of anilines is 3. The second-order valence-electron chi connectivity index (χ2n) is 13.0. The molecule has 0 amide bonds. The Morgan fingerprint density at radius 1 is 0.644 bits per heavy atom. The SMILES string of the molecule is CC1CCC2=C(C1)N(c1ccc(-c3ccccc3)cc1)C1C(c3cccc(-c4ccccc4Nc4ccccc4)c3)=CCCC21. The molecule has 0 bridgehead atoms. The predicted octanol–water partition coefficient (Wildman–Crippen LogP) is 11.5. The minimum atomic E-state index is 0.338. The molecule has 8 rings (SSSR count). The summed E-state index contributed by atoms with van der Waals surface area (Å²) in [4.78, 5) is 2.74. The molecule has 5 aromatic carbocycles. The molecular formula is C43H40N2. The first-order valence-corrected chi connectivity index (χ1v) is 16.6. The van der Waals surface area contributed by atoms with Crippen LogP contribution in [0.3, 0.4) is 0 Å². The summed E-state index contributed by atoms with van der Waals surface area (Å²) in [7, 11) is 0. The lowest BCUT2D eigenvalue weighted by Crippen LogP contribution is -2.37. The molecule has 2 heteroatoms. The molecule has 0 radical (unpaired) electrons. The third-order valence-electron chi connectivity index (χ3n) is 10.1. The molecule has 2 aliphatic carbocycles. The van der Waals surface area contributed by atoms with Crippen LogP contribution in [0.4, 0.5) is 17.1 Å². The van der Waals surface area contributed by atoms with E-state index in [0.717, 1.165) is 23.7 Å². The van der Waals surface area contributed by atoms with Gasteiger partial charge in [0.05, 0.1) is 6.04 Å². The van der Waals surface area contributed by atoms with Crippen LogP contribution in [0.25, 0.3) is 27.8 Å². The number of benzene rings is 5. The lowest BCUT2D eigenvalue weighted by molar-refractivity contribution is 0.466. The van der Waals surface area contributed by atoms with E-state index in [-0.39, 0.29) is 0 Å². The Bertz CT molecular complexity index is 1870. The molecule has 0 saturated heterocycles. The molecule has 45 heavy (non-hydrogen) atoms. The summed E-state index contributed by atoms with van der Waals surface area (Å²) in [5.41, 5.74) is 14.7. The van der Waals surface area contributed by atoms with Gasteiger partial charge < -0.3 is 10.2 Å². The second kappa shape index (κ2) is 11.9. The topological polar surface area (TPSA) is 15.3 Å². The lowest BCUT2D eigenvalue weighted by Gasteiger charge is -2.37. The summed E-state index contributed by atoms with van der Waals surface area (Å²) >= 11 is 0. The van der Waals surface area contributed by atoms with E-state index in [4.69, 9.17) is 0 Å². The van der Waals surface area contributed by atoms with Crippen LogP contribution in [0.2, 0.25) is 0 Å². The fraction of sp³-hybridized carbons (Fsp3) is 0.209. The number of hydrogen-bond acceptors (Lipinski definition) is 2. The van der Waals surface area contributed by atoms with Crippen LogP contribution in [0.15, 0.2) is 151 Å². The first-order valence-electron chi connectivity index (χ1n) is 16.6. The first kappa shape index (κ1) is 27.7. The number of nitrogens with zero attached hydrogens (tertiary/aromatic N) is 1. The third kappa shape index (κ3) is 5.29. The molecule has 0 aromatic heterocycles. The van der Waals surface area contributed by atoms with Gasteiger partial charge in [0.15, 0.2) is 0 Å². The van der Waals surface area contributed by atoms with E-state index < -0.39 is 0 Å². The van der Waals surface area contributed by atoms with E-state index >= 15 is 0 Å². The maximum Gasteiger partial charge on any atom is 0.0657 e. The standard InChI is InChI=1S/C43H40N2/c1-30-22-27-39-40-20-11-19-38(43(40)45(42(39)28-30)36-25-23-32(24-26-36)31-12-4-2-5-13-31)34-15-10-14-33(29-34)37-18-8-9-21-41(37)44-35-16-6-3-7-17-35/h2-10,12-19,21,23-26,29-30,40,43-44H,11,20,22,27-28H2,1H3. The zero-order valence-electron chi connectivity index (χ0n) is 26.0. The fourth-order valence-electron chi connectivity index (χ4n) is 7.96. The van der Waals surface area contributed by atoms with Gasteiger partial charge in [-0.3, -0.25) is 0 Å². The molecule has 0 fully saturated rings. The van der Waals surface area contributed by atoms with Gasteiger partial charge in [-0.25, -0.2) is 0 Å². The molecule has 5 aromatic rings. The quantitative estimate of drug-likeness (QED) is 0.214. The van der Waals surface area contributed by atoms with Crippen molar-refractivity contribution in [2.45, 2.75) is 45.1 Å². The Balaban J connectivity index is 1.17. The van der Waals surface area contributed by atoms with Crippen molar-refractivity contribution in [1.29, 1.82) is 0 Å². The van der Waals surface area contributed by atoms with Crippen molar-refractivity contribution in [2.75, 3.05) is 10.2 Å². The highest BCUT2D eigenvalue weighted by Gasteiger charge is 2.45. The van der Waals surface area contributed by atoms with Crippen molar-refractivity contribution in [3.05, 3.63) is 156 Å². The van der Waals surface area contributed by atoms with Gasteiger partial charge in [0.1, 0.15) is 0 Å². The monoisotopic (exact) mass is 584 g/mol. The molecule has 3 unspecified atom stereocenters. The molecule has 3 aliphatic rings. The number of hydrogen-bond donors (Lipinski definition) is 1. The Morgan fingerprint density at radius 2 is 1.33 bits per heavy atom. The molecular weight excluding hydrogens is 544 g/mol. The highest BCUT2D eigenvalue weighted by atomic mass is 15.2. The van der Waals surface area contributed by atoms with Crippen molar-refractivity contribution < 1.29 is 0 Å². The summed E-state index contributed by atoms with van der Waals surface area (Å²) in [5.74, 6) is 1.30. The Hall–Kier alpha value is -4.82. The van der Waals surface area contributed by atoms with E-state index in [1.807, 2.05) is 0 Å². The Morgan fingerprint density at radius 3 is 2.16 bits per heavy atom. The van der Waals surface area contributed by atoms with Gasteiger partial charge in [-0.15, -0.1) is 0 Å². The average molecular weight is 585 g/mol. The second-order valence-corrected chi connectivity index (χ2v) is 13.0. The van der Waals surface area contributed by atoms with Crippen LogP contribution in [-0.2, 0) is 0 Å². The molecule has 1 aliphatic heterocycles. The molecule has 0 saturated carbocycles. The van der Waals surface area contributed by atoms with Crippen molar-refractivity contribution >= 4 is 22.6 Å². The number of allylic oxidation sites excluding steroid dienone is 2. The molecule has 222 valence electrons. The van der Waals surface area contributed by atoms with Crippen LogP contribution >= 0.6 is 0 Å². The Labute approximate surface area is 267 Å². The number of fused-ring (bicyclic) bond motifs is 2. The first-order chi connectivity index (χ1) is 22.2. The Kier molecular flexibility index (Phi) is 7.35. The average Bonchev–Trinajstić information content (AvgIpc) is 3.43. The summed E-state index contributed by atoms with van der Waals surface area (Å²) < 4.78 is 0. The van der Waals surface area contributed by atoms with Crippen LogP contribution < -0.4 is 10.2 Å². The van der Waals surface area contributed by atoms with Gasteiger partial charge in [0.2, 0.25) is 0 Å². The highest BCUT2D eigenvalue weighted by Crippen LogP contribution is 2.53. The van der Waals surface area contributed by atoms with E-state index in [2.05, 4.69) is 157 Å². The lowest BCUT2D eigenvalue weighted by atomic mass is 9.75. The van der Waals surface area contributed by atoms with Gasteiger partial charge in [0.25, 0.3) is 0 Å². The maximum atomic E-state index is 3.66. The largest absolute Gasteiger partial charge is 0.355 e. The molecule has 1 N–H and O–H groups in total. The molecule has 2 nitrogen and oxygen atoms in total. The molecule has 3 atom stereocenters. The molecule has 1 heterocycles. The normalized spacial score (nSPS) is 20.8. The van der Waals surface area contributed by atoms with E-state index in [1.165, 1.54) is 64.8 Å². The predicted molar refractivity (Wildman–Crippen MR) is 190 cm³/mol. The summed E-state index contributed by atoms with van der Waals surface area (Å²) in [6.45, 7) is 2.43. The summed E-state index contributed by atoms with van der Waals surface area (Å²) in [5, 5.41) is 3.66. The van der Waals surface area contributed by atoms with Gasteiger partial charge >= 0.3 is 0 Å². The van der Waals surface area contributed by atoms with Gasteiger partial charge in [-0.2, -0.15) is 0 Å². The van der Waals surface area contributed by atoms with Crippen LogP contribution in [0, 0.1) is 11.8 Å². The minimum Gasteiger partial charge on any atom is -0.355 e. The van der Waals surface area contributed by atoms with Crippen LogP contribution in [0.5, 0.6) is 0 Å². The summed E-state index contributed by atoms with van der Waals surface area (Å²) in [6, 6.07) is 48.8. The van der Waals surface area contributed by atoms with E-state index in [9.17, 15) is 0 Å². The fourth-order valence-corrected chi connectivity index (χ4v) is 7.96. The number of nitrogens with one attached hydrogen (secondary N) is 1. The van der Waals surface area contributed by atoms with Crippen LogP contribution in [0.1, 0.15) is 44.6 Å². The zero-order valence-corrected chi connectivity index (χ0v) is 26.0. The minimum absolute atomic E-state index is 0.338. The van der Waals surface area contributed by atoms with Crippen molar-refractivity contribution in [3.63, 3.8) is 0 Å². The number of rotatable bonds is 6. The number of para-hydroxylation sites is 2. The van der Waals surface area contributed by atoms with Crippen LogP contribution in [-0.4, -0.2) is 6.04 Å². The highest BCUT2D eigenvalue weighted by molar-refractivity contribution is 5.85. The van der Waals surface area contributed by atoms with Crippen molar-refractivity contribution in [2.24, 2.45) is 11.8 Å². The van der Waals surface area contributed by atoms with Gasteiger partial charge in [-0.05, 0) is 108 Å². The smallest absolute Gasteiger partial charge is 0.0657 e. The van der Waals surface area contributed by atoms with Crippen molar-refractivity contribution in [3.8, 4) is 22.3 Å². The third-order valence-corrected chi connectivity index (χ3v) is 10.1. The zero-order chi connectivity index (χ0) is 30.2. The van der Waals surface area contributed by atoms with Gasteiger partial charge in [-0.1, -0.05) is 110 Å². The van der Waals surface area contributed by atoms with Gasteiger partial charge in [0, 0.05) is 34.2 Å². The maximum absolute atomic E-state index is 3.66. The summed E-state index contributed by atoms with van der Waals surface area (Å²) in [6.07, 6.45) is 8.64.